The van der Waals surface area contributed by atoms with E-state index in [0.29, 0.717) is 25.5 Å². The first-order chi connectivity index (χ1) is 12.2. The van der Waals surface area contributed by atoms with Crippen molar-refractivity contribution in [2.24, 2.45) is 4.99 Å². The number of nitrogens with one attached hydrogen (secondary N) is 2. The molecule has 6 heteroatoms. The molecule has 3 N–H and O–H groups in total. The van der Waals surface area contributed by atoms with Crippen LogP contribution in [-0.4, -0.2) is 30.7 Å². The van der Waals surface area contributed by atoms with Crippen LogP contribution in [0.25, 0.3) is 0 Å². The van der Waals surface area contributed by atoms with Gasteiger partial charge in [-0.3, -0.25) is 4.99 Å². The third-order valence-electron chi connectivity index (χ3n) is 3.80. The third kappa shape index (κ3) is 8.14. The quantitative estimate of drug-likeness (QED) is 0.313. The summed E-state index contributed by atoms with van der Waals surface area (Å²) < 4.78 is 13.2. The second kappa shape index (κ2) is 12.6. The van der Waals surface area contributed by atoms with Gasteiger partial charge in [-0.15, -0.1) is 24.0 Å². The van der Waals surface area contributed by atoms with Gasteiger partial charge < -0.3 is 15.7 Å². The number of halogens is 2. The van der Waals surface area contributed by atoms with Crippen LogP contribution in [0.2, 0.25) is 0 Å². The Kier molecular flexibility index (Phi) is 10.9. The van der Waals surface area contributed by atoms with E-state index < -0.39 is 6.10 Å². The fraction of sp³-hybridized carbons (Fsp3) is 0.350. The number of aliphatic hydroxyl groups excluding tert-OH is 1. The smallest absolute Gasteiger partial charge is 0.191 e. The number of aliphatic hydroxyl groups is 1. The fourth-order valence-electron chi connectivity index (χ4n) is 2.50. The standard InChI is InChI=1S/C20H26FN3O.HI/c1-2-22-20(23-13-11-16-7-6-10-18(21)15-16)24-14-12-19(25)17-8-4-3-5-9-17;/h3-10,15,19,25H,2,11-14H2,1H3,(H2,22,23,24);1H. The van der Waals surface area contributed by atoms with Crippen molar-refractivity contribution in [3.8, 4) is 0 Å². The molecule has 2 rings (SSSR count). The van der Waals surface area contributed by atoms with Crippen molar-refractivity contribution in [1.82, 2.24) is 10.6 Å². The molecule has 0 amide bonds. The molecule has 26 heavy (non-hydrogen) atoms. The normalized spacial score (nSPS) is 12.2. The molecule has 0 aliphatic carbocycles. The fourth-order valence-corrected chi connectivity index (χ4v) is 2.50. The Morgan fingerprint density at radius 3 is 2.58 bits per heavy atom. The average molecular weight is 471 g/mol. The maximum atomic E-state index is 13.2. The summed E-state index contributed by atoms with van der Waals surface area (Å²) in [7, 11) is 0. The van der Waals surface area contributed by atoms with E-state index in [1.807, 2.05) is 43.3 Å². The van der Waals surface area contributed by atoms with Gasteiger partial charge in [-0.1, -0.05) is 42.5 Å². The van der Waals surface area contributed by atoms with Gasteiger partial charge in [-0.05, 0) is 43.0 Å². The first-order valence-corrected chi connectivity index (χ1v) is 8.68. The van der Waals surface area contributed by atoms with Gasteiger partial charge >= 0.3 is 0 Å². The molecule has 2 aromatic rings. The largest absolute Gasteiger partial charge is 0.388 e. The van der Waals surface area contributed by atoms with E-state index in [1.54, 1.807) is 12.1 Å². The van der Waals surface area contributed by atoms with Crippen LogP contribution < -0.4 is 10.6 Å². The Hall–Kier alpha value is -1.67. The molecule has 0 saturated heterocycles. The van der Waals surface area contributed by atoms with Crippen LogP contribution in [0.5, 0.6) is 0 Å². The lowest BCUT2D eigenvalue weighted by Gasteiger charge is -2.13. The molecule has 2 aromatic carbocycles. The Balaban J connectivity index is 0.00000338. The number of aliphatic imine (C=N–C) groups is 1. The minimum Gasteiger partial charge on any atom is -0.388 e. The Labute approximate surface area is 172 Å². The van der Waals surface area contributed by atoms with E-state index in [4.69, 9.17) is 0 Å². The summed E-state index contributed by atoms with van der Waals surface area (Å²) in [4.78, 5) is 4.49. The van der Waals surface area contributed by atoms with Crippen molar-refractivity contribution in [1.29, 1.82) is 0 Å². The number of guanidine groups is 1. The highest BCUT2D eigenvalue weighted by Gasteiger charge is 2.06. The minimum absolute atomic E-state index is 0. The van der Waals surface area contributed by atoms with Crippen LogP contribution in [0.1, 0.15) is 30.6 Å². The lowest BCUT2D eigenvalue weighted by atomic mass is 10.1. The summed E-state index contributed by atoms with van der Waals surface area (Å²) in [5.41, 5.74) is 1.85. The molecule has 0 aliphatic heterocycles. The Bertz CT molecular complexity index is 667. The topological polar surface area (TPSA) is 56.7 Å². The number of benzene rings is 2. The van der Waals surface area contributed by atoms with Crippen molar-refractivity contribution in [2.75, 3.05) is 19.6 Å². The number of hydrogen-bond acceptors (Lipinski definition) is 2. The maximum absolute atomic E-state index is 13.2. The van der Waals surface area contributed by atoms with Gasteiger partial charge in [-0.2, -0.15) is 0 Å². The van der Waals surface area contributed by atoms with Crippen molar-refractivity contribution in [2.45, 2.75) is 25.9 Å². The van der Waals surface area contributed by atoms with Gasteiger partial charge in [0.15, 0.2) is 5.96 Å². The molecule has 0 aromatic heterocycles. The first-order valence-electron chi connectivity index (χ1n) is 8.68. The molecule has 4 nitrogen and oxygen atoms in total. The van der Waals surface area contributed by atoms with E-state index in [0.717, 1.165) is 24.1 Å². The zero-order chi connectivity index (χ0) is 17.9. The average Bonchev–Trinajstić information content (AvgIpc) is 2.62. The van der Waals surface area contributed by atoms with E-state index in [2.05, 4.69) is 15.6 Å². The van der Waals surface area contributed by atoms with Crippen LogP contribution in [0, 0.1) is 5.82 Å². The Morgan fingerprint density at radius 2 is 1.88 bits per heavy atom. The van der Waals surface area contributed by atoms with E-state index in [1.165, 1.54) is 6.07 Å². The van der Waals surface area contributed by atoms with Gasteiger partial charge in [0.25, 0.3) is 0 Å². The second-order valence-electron chi connectivity index (χ2n) is 5.78. The summed E-state index contributed by atoms with van der Waals surface area (Å²) in [5, 5.41) is 16.6. The highest BCUT2D eigenvalue weighted by molar-refractivity contribution is 14.0. The van der Waals surface area contributed by atoms with Gasteiger partial charge in [0.2, 0.25) is 0 Å². The molecule has 1 atom stereocenters. The van der Waals surface area contributed by atoms with E-state index >= 15 is 0 Å². The first kappa shape index (κ1) is 22.4. The van der Waals surface area contributed by atoms with Crippen molar-refractivity contribution < 1.29 is 9.50 Å². The highest BCUT2D eigenvalue weighted by Crippen LogP contribution is 2.15. The van der Waals surface area contributed by atoms with Gasteiger partial charge in [0, 0.05) is 19.6 Å². The van der Waals surface area contributed by atoms with Crippen molar-refractivity contribution in [3.63, 3.8) is 0 Å². The van der Waals surface area contributed by atoms with Gasteiger partial charge in [0.05, 0.1) is 6.10 Å². The molecular weight excluding hydrogens is 444 g/mol. The number of rotatable bonds is 8. The summed E-state index contributed by atoms with van der Waals surface area (Å²) in [6.45, 7) is 3.94. The summed E-state index contributed by atoms with van der Waals surface area (Å²) in [6, 6.07) is 16.2. The zero-order valence-corrected chi connectivity index (χ0v) is 17.3. The van der Waals surface area contributed by atoms with Gasteiger partial charge in [0.1, 0.15) is 5.82 Å². The predicted octanol–water partition coefficient (Wildman–Crippen LogP) is 3.67. The number of nitrogens with zero attached hydrogens (tertiary/aromatic N) is 1. The SMILES string of the molecule is CCNC(=NCCC(O)c1ccccc1)NCCc1cccc(F)c1.I. The van der Waals surface area contributed by atoms with Crippen LogP contribution in [-0.2, 0) is 6.42 Å². The van der Waals surface area contributed by atoms with Crippen LogP contribution in [0.15, 0.2) is 59.6 Å². The molecular formula is C20H27FIN3O. The second-order valence-corrected chi connectivity index (χ2v) is 5.78. The highest BCUT2D eigenvalue weighted by atomic mass is 127. The third-order valence-corrected chi connectivity index (χ3v) is 3.80. The Morgan fingerprint density at radius 1 is 1.12 bits per heavy atom. The van der Waals surface area contributed by atoms with Crippen molar-refractivity contribution in [3.05, 3.63) is 71.5 Å². The van der Waals surface area contributed by atoms with Crippen molar-refractivity contribution >= 4 is 29.9 Å². The maximum Gasteiger partial charge on any atom is 0.191 e. The lowest BCUT2D eigenvalue weighted by molar-refractivity contribution is 0.170. The summed E-state index contributed by atoms with van der Waals surface area (Å²) in [6.07, 6.45) is 0.763. The molecule has 0 spiro atoms. The molecule has 142 valence electrons. The predicted molar refractivity (Wildman–Crippen MR) is 116 cm³/mol. The molecule has 0 bridgehead atoms. The van der Waals surface area contributed by atoms with Gasteiger partial charge in [-0.25, -0.2) is 4.39 Å². The monoisotopic (exact) mass is 471 g/mol. The summed E-state index contributed by atoms with van der Waals surface area (Å²) >= 11 is 0. The minimum atomic E-state index is -0.514. The van der Waals surface area contributed by atoms with E-state index in [9.17, 15) is 9.50 Å². The molecule has 0 fully saturated rings. The summed E-state index contributed by atoms with van der Waals surface area (Å²) in [5.74, 6) is 0.493. The lowest BCUT2D eigenvalue weighted by Crippen LogP contribution is -2.38. The molecule has 0 radical (unpaired) electrons. The molecule has 0 saturated carbocycles. The molecule has 0 aliphatic rings. The van der Waals surface area contributed by atoms with Crippen LogP contribution in [0.3, 0.4) is 0 Å². The van der Waals surface area contributed by atoms with Crippen LogP contribution in [0.4, 0.5) is 4.39 Å². The van der Waals surface area contributed by atoms with Crippen LogP contribution >= 0.6 is 24.0 Å². The molecule has 0 heterocycles. The molecule has 1 unspecified atom stereocenters. The zero-order valence-electron chi connectivity index (χ0n) is 15.0. The number of hydrogen-bond donors (Lipinski definition) is 3. The van der Waals surface area contributed by atoms with E-state index in [-0.39, 0.29) is 29.8 Å².